The summed E-state index contributed by atoms with van der Waals surface area (Å²) in [5.41, 5.74) is 5.77. The van der Waals surface area contributed by atoms with E-state index in [1.54, 1.807) is 19.1 Å². The highest BCUT2D eigenvalue weighted by Gasteiger charge is 2.13. The highest BCUT2D eigenvalue weighted by molar-refractivity contribution is 7.92. The van der Waals surface area contributed by atoms with Crippen LogP contribution in [0.4, 0.5) is 16.2 Å². The van der Waals surface area contributed by atoms with Crippen molar-refractivity contribution in [2.24, 2.45) is 0 Å². The molecule has 3 aromatic carbocycles. The van der Waals surface area contributed by atoms with Gasteiger partial charge in [0.15, 0.2) is 0 Å². The summed E-state index contributed by atoms with van der Waals surface area (Å²) in [5.74, 6) is 0.797. The Morgan fingerprint density at radius 1 is 0.973 bits per heavy atom. The zero-order valence-corrected chi connectivity index (χ0v) is 22.3. The van der Waals surface area contributed by atoms with E-state index >= 15 is 0 Å². The first-order valence-electron chi connectivity index (χ1n) is 12.1. The first-order valence-corrected chi connectivity index (χ1v) is 13.7. The van der Waals surface area contributed by atoms with E-state index in [9.17, 15) is 13.2 Å². The van der Waals surface area contributed by atoms with E-state index in [1.807, 2.05) is 79.0 Å². The zero-order chi connectivity index (χ0) is 26.6. The van der Waals surface area contributed by atoms with Gasteiger partial charge in [-0.25, -0.2) is 18.2 Å². The number of carbonyl (C=O) groups is 1. The number of benzene rings is 3. The average Bonchev–Trinajstić information content (AvgIpc) is 3.19. The van der Waals surface area contributed by atoms with Crippen molar-refractivity contribution in [2.75, 3.05) is 43.0 Å². The maximum absolute atomic E-state index is 12.1. The number of rotatable bonds is 9. The molecule has 0 radical (unpaired) electrons. The fourth-order valence-electron chi connectivity index (χ4n) is 3.98. The Morgan fingerprint density at radius 2 is 1.70 bits per heavy atom. The number of fused-ring (bicyclic) bond motifs is 1. The van der Waals surface area contributed by atoms with Gasteiger partial charge in [-0.05, 0) is 81.5 Å². The lowest BCUT2D eigenvalue weighted by Gasteiger charge is -2.12. The molecule has 194 valence electrons. The third-order valence-corrected chi connectivity index (χ3v) is 7.21. The van der Waals surface area contributed by atoms with Crippen LogP contribution in [-0.2, 0) is 10.0 Å². The summed E-state index contributed by atoms with van der Waals surface area (Å²) in [6.45, 7) is 4.86. The molecule has 0 saturated carbocycles. The first-order chi connectivity index (χ1) is 17.6. The number of anilines is 2. The summed E-state index contributed by atoms with van der Waals surface area (Å²) in [5, 5.41) is 5.69. The predicted octanol–water partition coefficient (Wildman–Crippen LogP) is 4.45. The van der Waals surface area contributed by atoms with Crippen LogP contribution in [-0.4, -0.2) is 61.8 Å². The Labute approximate surface area is 217 Å². The van der Waals surface area contributed by atoms with Gasteiger partial charge in [0.1, 0.15) is 5.82 Å². The Hall–Kier alpha value is -3.89. The minimum atomic E-state index is -3.38. The molecule has 0 fully saturated rings. The van der Waals surface area contributed by atoms with Crippen molar-refractivity contribution in [2.45, 2.75) is 13.8 Å². The predicted molar refractivity (Wildman–Crippen MR) is 150 cm³/mol. The molecule has 0 saturated heterocycles. The highest BCUT2D eigenvalue weighted by Crippen LogP contribution is 2.29. The fraction of sp³-hybridized carbons (Fsp3) is 0.259. The number of likely N-dealkylation sites (N-methyl/N-ethyl adjacent to an activating group) is 1. The number of sulfonamides is 1. The summed E-state index contributed by atoms with van der Waals surface area (Å²) in [6, 6.07) is 20.8. The smallest absolute Gasteiger partial charge is 0.319 e. The maximum atomic E-state index is 12.1. The molecule has 0 aliphatic heterocycles. The third-order valence-electron chi connectivity index (χ3n) is 5.90. The molecule has 1 aromatic heterocycles. The number of amides is 2. The Kier molecular flexibility index (Phi) is 7.80. The molecule has 0 spiro atoms. The molecule has 0 aliphatic rings. The lowest BCUT2D eigenvalue weighted by molar-refractivity contribution is 0.250. The van der Waals surface area contributed by atoms with Crippen molar-refractivity contribution in [1.29, 1.82) is 0 Å². The number of nitrogens with zero attached hydrogens (tertiary/aromatic N) is 3. The number of imidazole rings is 1. The van der Waals surface area contributed by atoms with Crippen molar-refractivity contribution in [3.8, 4) is 16.8 Å². The van der Waals surface area contributed by atoms with Crippen LogP contribution in [0.3, 0.4) is 0 Å². The zero-order valence-electron chi connectivity index (χ0n) is 21.4. The number of urea groups is 1. The fourth-order valence-corrected chi connectivity index (χ4v) is 4.61. The van der Waals surface area contributed by atoms with E-state index in [0.29, 0.717) is 17.9 Å². The maximum Gasteiger partial charge on any atom is 0.319 e. The number of aryl methyl sites for hydroxylation is 1. The van der Waals surface area contributed by atoms with E-state index in [4.69, 9.17) is 4.98 Å². The number of hydrogen-bond donors (Lipinski definition) is 3. The van der Waals surface area contributed by atoms with Crippen LogP contribution in [0.1, 0.15) is 12.7 Å². The molecule has 2 amide bonds. The van der Waals surface area contributed by atoms with Crippen LogP contribution in [0.25, 0.3) is 27.8 Å². The standard InChI is InChI=1S/C27H32N6O3S/c1-5-37(35,36)31-23-7-6-8-24(18-23)33-19(2)29-25-14-11-21(17-26(25)33)20-9-12-22(13-10-20)30-27(34)28-15-16-32(3)4/h6-14,17-18,31H,5,15-16H2,1-4H3,(H2,28,30,34). The van der Waals surface area contributed by atoms with Gasteiger partial charge in [-0.1, -0.05) is 24.3 Å². The van der Waals surface area contributed by atoms with Gasteiger partial charge in [-0.15, -0.1) is 0 Å². The molecule has 0 unspecified atom stereocenters. The van der Waals surface area contributed by atoms with Gasteiger partial charge < -0.3 is 15.5 Å². The van der Waals surface area contributed by atoms with Crippen LogP contribution in [0, 0.1) is 6.92 Å². The summed E-state index contributed by atoms with van der Waals surface area (Å²) in [7, 11) is 0.534. The van der Waals surface area contributed by atoms with Gasteiger partial charge in [0.05, 0.1) is 22.5 Å². The Morgan fingerprint density at radius 3 is 2.41 bits per heavy atom. The summed E-state index contributed by atoms with van der Waals surface area (Å²) in [4.78, 5) is 18.8. The van der Waals surface area contributed by atoms with E-state index in [1.165, 1.54) is 0 Å². The average molecular weight is 521 g/mol. The molecule has 1 heterocycles. The lowest BCUT2D eigenvalue weighted by Crippen LogP contribution is -2.34. The number of aromatic nitrogens is 2. The van der Waals surface area contributed by atoms with E-state index in [2.05, 4.69) is 21.4 Å². The summed E-state index contributed by atoms with van der Waals surface area (Å²) >= 11 is 0. The van der Waals surface area contributed by atoms with Crippen molar-refractivity contribution < 1.29 is 13.2 Å². The second-order valence-corrected chi connectivity index (χ2v) is 11.0. The van der Waals surface area contributed by atoms with Gasteiger partial charge in [-0.2, -0.15) is 0 Å². The minimum Gasteiger partial charge on any atom is -0.337 e. The molecular formula is C27H32N6O3S. The van der Waals surface area contributed by atoms with Crippen molar-refractivity contribution in [3.05, 3.63) is 72.6 Å². The van der Waals surface area contributed by atoms with E-state index < -0.39 is 10.0 Å². The van der Waals surface area contributed by atoms with Crippen LogP contribution in [0.15, 0.2) is 66.7 Å². The number of nitrogens with one attached hydrogen (secondary N) is 3. The largest absolute Gasteiger partial charge is 0.337 e. The van der Waals surface area contributed by atoms with Crippen LogP contribution in [0.5, 0.6) is 0 Å². The summed E-state index contributed by atoms with van der Waals surface area (Å²) in [6.07, 6.45) is 0. The Balaban J connectivity index is 1.58. The van der Waals surface area contributed by atoms with Gasteiger partial charge in [0, 0.05) is 24.5 Å². The monoisotopic (exact) mass is 520 g/mol. The number of hydrogen-bond acceptors (Lipinski definition) is 5. The molecule has 0 aliphatic carbocycles. The van der Waals surface area contributed by atoms with Crippen molar-refractivity contribution in [3.63, 3.8) is 0 Å². The van der Waals surface area contributed by atoms with Gasteiger partial charge in [0.2, 0.25) is 10.0 Å². The van der Waals surface area contributed by atoms with Crippen molar-refractivity contribution >= 4 is 38.5 Å². The molecule has 3 N–H and O–H groups in total. The highest BCUT2D eigenvalue weighted by atomic mass is 32.2. The van der Waals surface area contributed by atoms with Crippen LogP contribution < -0.4 is 15.4 Å². The minimum absolute atomic E-state index is 0.00303. The second-order valence-electron chi connectivity index (χ2n) is 9.02. The molecule has 4 aromatic rings. The quantitative estimate of drug-likeness (QED) is 0.302. The van der Waals surface area contributed by atoms with Crippen LogP contribution in [0.2, 0.25) is 0 Å². The third kappa shape index (κ3) is 6.46. The molecule has 10 heteroatoms. The van der Waals surface area contributed by atoms with Gasteiger partial charge in [0.25, 0.3) is 0 Å². The lowest BCUT2D eigenvalue weighted by atomic mass is 10.0. The molecule has 4 rings (SSSR count). The molecular weight excluding hydrogens is 488 g/mol. The molecule has 0 bridgehead atoms. The first kappa shape index (κ1) is 26.2. The number of carbonyl (C=O) groups excluding carboxylic acids is 1. The normalized spacial score (nSPS) is 11.6. The van der Waals surface area contributed by atoms with Gasteiger partial charge in [-0.3, -0.25) is 9.29 Å². The SMILES string of the molecule is CCS(=O)(=O)Nc1cccc(-n2c(C)nc3ccc(-c4ccc(NC(=O)NCCN(C)C)cc4)cc32)c1. The topological polar surface area (TPSA) is 108 Å². The van der Waals surface area contributed by atoms with E-state index in [0.717, 1.165) is 40.2 Å². The molecule has 37 heavy (non-hydrogen) atoms. The van der Waals surface area contributed by atoms with E-state index in [-0.39, 0.29) is 11.8 Å². The van der Waals surface area contributed by atoms with Gasteiger partial charge >= 0.3 is 6.03 Å². The Bertz CT molecular complexity index is 1510. The van der Waals surface area contributed by atoms with Crippen molar-refractivity contribution in [1.82, 2.24) is 19.8 Å². The second kappa shape index (κ2) is 11.0. The molecule has 9 nitrogen and oxygen atoms in total. The van der Waals surface area contributed by atoms with Crippen LogP contribution >= 0.6 is 0 Å². The molecule has 0 atom stereocenters. The summed E-state index contributed by atoms with van der Waals surface area (Å²) < 4.78 is 28.7.